The van der Waals surface area contributed by atoms with Crippen molar-refractivity contribution in [2.75, 3.05) is 20.1 Å². The molecular weight excluding hydrogens is 242 g/mol. The molecule has 1 aromatic rings. The fourth-order valence-electron chi connectivity index (χ4n) is 3.45. The molecule has 3 heterocycles. The minimum atomic E-state index is 0.784. The second kappa shape index (κ2) is 4.91. The van der Waals surface area contributed by atoms with Crippen LogP contribution in [-0.4, -0.2) is 47.0 Å². The first-order valence-electron chi connectivity index (χ1n) is 7.00. The van der Waals surface area contributed by atoms with Crippen LogP contribution in [0, 0.1) is 13.8 Å². The molecule has 0 spiro atoms. The highest BCUT2D eigenvalue weighted by atomic mass is 32.1. The molecule has 3 rings (SSSR count). The van der Waals surface area contributed by atoms with Gasteiger partial charge in [-0.15, -0.1) is 11.3 Å². The number of likely N-dealkylation sites (N-methyl/N-ethyl adjacent to an activating group) is 1. The summed E-state index contributed by atoms with van der Waals surface area (Å²) in [5, 5.41) is 1.20. The van der Waals surface area contributed by atoms with Crippen LogP contribution in [0.15, 0.2) is 0 Å². The highest BCUT2D eigenvalue weighted by Crippen LogP contribution is 2.29. The van der Waals surface area contributed by atoms with Crippen molar-refractivity contribution in [3.8, 4) is 0 Å². The molecule has 0 radical (unpaired) electrons. The molecule has 2 unspecified atom stereocenters. The first kappa shape index (κ1) is 12.6. The van der Waals surface area contributed by atoms with Gasteiger partial charge in [-0.05, 0) is 40.2 Å². The summed E-state index contributed by atoms with van der Waals surface area (Å²) in [6.07, 6.45) is 4.13. The molecule has 2 aliphatic heterocycles. The van der Waals surface area contributed by atoms with Crippen molar-refractivity contribution in [2.45, 2.75) is 51.7 Å². The smallest absolute Gasteiger partial charge is 0.0900 e. The summed E-state index contributed by atoms with van der Waals surface area (Å²) in [5.41, 5.74) is 1.24. The molecular formula is C14H23N3S. The Kier molecular flexibility index (Phi) is 3.43. The van der Waals surface area contributed by atoms with E-state index in [0.29, 0.717) is 0 Å². The van der Waals surface area contributed by atoms with Gasteiger partial charge < -0.3 is 0 Å². The molecule has 2 atom stereocenters. The third-order valence-electron chi connectivity index (χ3n) is 4.60. The summed E-state index contributed by atoms with van der Waals surface area (Å²) in [5.74, 6) is 0. The molecule has 4 heteroatoms. The number of aryl methyl sites for hydroxylation is 2. The van der Waals surface area contributed by atoms with Crippen LogP contribution in [0.4, 0.5) is 0 Å². The largest absolute Gasteiger partial charge is 0.299 e. The lowest BCUT2D eigenvalue weighted by atomic mass is 10.1. The first-order valence-corrected chi connectivity index (χ1v) is 7.82. The van der Waals surface area contributed by atoms with E-state index in [-0.39, 0.29) is 0 Å². The van der Waals surface area contributed by atoms with Gasteiger partial charge in [-0.1, -0.05) is 0 Å². The minimum Gasteiger partial charge on any atom is -0.299 e. The molecule has 2 fully saturated rings. The SMILES string of the molecule is Cc1nc(C)c(CN2CCC3CCC(C2)N3C)s1. The molecule has 1 aromatic heterocycles. The zero-order chi connectivity index (χ0) is 12.7. The Morgan fingerprint density at radius 2 is 2.00 bits per heavy atom. The van der Waals surface area contributed by atoms with Crippen LogP contribution in [0.3, 0.4) is 0 Å². The number of fused-ring (bicyclic) bond motifs is 2. The van der Waals surface area contributed by atoms with Gasteiger partial charge in [0.1, 0.15) is 0 Å². The fraction of sp³-hybridized carbons (Fsp3) is 0.786. The molecule has 0 aromatic carbocycles. The minimum absolute atomic E-state index is 0.784. The lowest BCUT2D eigenvalue weighted by Gasteiger charge is -2.25. The summed E-state index contributed by atoms with van der Waals surface area (Å²) in [6, 6.07) is 1.62. The topological polar surface area (TPSA) is 19.4 Å². The molecule has 2 saturated heterocycles. The van der Waals surface area contributed by atoms with E-state index in [2.05, 4.69) is 35.7 Å². The summed E-state index contributed by atoms with van der Waals surface area (Å²) in [7, 11) is 2.31. The molecule has 18 heavy (non-hydrogen) atoms. The second-order valence-corrected chi connectivity index (χ2v) is 7.10. The van der Waals surface area contributed by atoms with Crippen molar-refractivity contribution in [2.24, 2.45) is 0 Å². The molecule has 0 amide bonds. The highest BCUT2D eigenvalue weighted by molar-refractivity contribution is 7.11. The average molecular weight is 265 g/mol. The molecule has 3 nitrogen and oxygen atoms in total. The number of thiazole rings is 1. The first-order chi connectivity index (χ1) is 8.63. The van der Waals surface area contributed by atoms with Crippen LogP contribution in [0.2, 0.25) is 0 Å². The van der Waals surface area contributed by atoms with Crippen molar-refractivity contribution in [1.29, 1.82) is 0 Å². The quantitative estimate of drug-likeness (QED) is 0.819. The zero-order valence-electron chi connectivity index (χ0n) is 11.6. The summed E-state index contributed by atoms with van der Waals surface area (Å²) in [4.78, 5) is 11.3. The maximum Gasteiger partial charge on any atom is 0.0900 e. The van der Waals surface area contributed by atoms with Crippen LogP contribution in [-0.2, 0) is 6.54 Å². The number of aromatic nitrogens is 1. The van der Waals surface area contributed by atoms with E-state index in [4.69, 9.17) is 0 Å². The van der Waals surface area contributed by atoms with Gasteiger partial charge in [0.25, 0.3) is 0 Å². The van der Waals surface area contributed by atoms with Crippen molar-refractivity contribution in [3.05, 3.63) is 15.6 Å². The Hall–Kier alpha value is -0.450. The Morgan fingerprint density at radius 1 is 1.22 bits per heavy atom. The van der Waals surface area contributed by atoms with E-state index in [0.717, 1.165) is 18.6 Å². The van der Waals surface area contributed by atoms with Crippen LogP contribution in [0.25, 0.3) is 0 Å². The standard InChI is InChI=1S/C14H23N3S/c1-10-14(18-11(2)15-10)9-17-7-6-12-4-5-13(8-17)16(12)3/h12-13H,4-9H2,1-3H3. The van der Waals surface area contributed by atoms with Gasteiger partial charge in [-0.2, -0.15) is 0 Å². The summed E-state index contributed by atoms with van der Waals surface area (Å²) < 4.78 is 0. The lowest BCUT2D eigenvalue weighted by molar-refractivity contribution is 0.215. The van der Waals surface area contributed by atoms with Crippen molar-refractivity contribution >= 4 is 11.3 Å². The van der Waals surface area contributed by atoms with E-state index in [9.17, 15) is 0 Å². The van der Waals surface area contributed by atoms with Crippen LogP contribution >= 0.6 is 11.3 Å². The Labute approximate surface area is 114 Å². The number of hydrogen-bond donors (Lipinski definition) is 0. The van der Waals surface area contributed by atoms with Gasteiger partial charge in [-0.3, -0.25) is 9.80 Å². The van der Waals surface area contributed by atoms with E-state index >= 15 is 0 Å². The zero-order valence-corrected chi connectivity index (χ0v) is 12.5. The van der Waals surface area contributed by atoms with E-state index in [1.807, 2.05) is 11.3 Å². The summed E-state index contributed by atoms with van der Waals surface area (Å²) in [6.45, 7) is 7.86. The van der Waals surface area contributed by atoms with Crippen molar-refractivity contribution in [1.82, 2.24) is 14.8 Å². The van der Waals surface area contributed by atoms with Crippen LogP contribution in [0.5, 0.6) is 0 Å². The van der Waals surface area contributed by atoms with Crippen LogP contribution < -0.4 is 0 Å². The molecule has 0 saturated carbocycles. The Bertz CT molecular complexity index is 429. The van der Waals surface area contributed by atoms with E-state index < -0.39 is 0 Å². The molecule has 0 aliphatic carbocycles. The monoisotopic (exact) mass is 265 g/mol. The Balaban J connectivity index is 1.69. The molecule has 0 N–H and O–H groups in total. The lowest BCUT2D eigenvalue weighted by Crippen LogP contribution is -2.36. The van der Waals surface area contributed by atoms with Gasteiger partial charge in [0, 0.05) is 36.6 Å². The third kappa shape index (κ3) is 2.33. The van der Waals surface area contributed by atoms with E-state index in [1.54, 1.807) is 0 Å². The highest BCUT2D eigenvalue weighted by Gasteiger charge is 2.34. The van der Waals surface area contributed by atoms with Crippen LogP contribution in [0.1, 0.15) is 34.8 Å². The predicted octanol–water partition coefficient (Wildman–Crippen LogP) is 2.43. The normalized spacial score (nSPS) is 29.7. The van der Waals surface area contributed by atoms with Crippen molar-refractivity contribution < 1.29 is 0 Å². The van der Waals surface area contributed by atoms with Gasteiger partial charge in [0.15, 0.2) is 0 Å². The maximum absolute atomic E-state index is 4.54. The van der Waals surface area contributed by atoms with Gasteiger partial charge in [0.05, 0.1) is 10.7 Å². The number of nitrogens with zero attached hydrogens (tertiary/aromatic N) is 3. The van der Waals surface area contributed by atoms with Gasteiger partial charge in [-0.25, -0.2) is 4.98 Å². The summed E-state index contributed by atoms with van der Waals surface area (Å²) >= 11 is 1.87. The number of rotatable bonds is 2. The molecule has 100 valence electrons. The van der Waals surface area contributed by atoms with Gasteiger partial charge in [0.2, 0.25) is 0 Å². The molecule has 2 bridgehead atoms. The molecule has 2 aliphatic rings. The Morgan fingerprint density at radius 3 is 2.72 bits per heavy atom. The maximum atomic E-state index is 4.54. The van der Waals surface area contributed by atoms with Crippen molar-refractivity contribution in [3.63, 3.8) is 0 Å². The third-order valence-corrected chi connectivity index (χ3v) is 5.66. The predicted molar refractivity (Wildman–Crippen MR) is 76.1 cm³/mol. The fourth-order valence-corrected chi connectivity index (χ4v) is 4.43. The average Bonchev–Trinajstić information content (AvgIpc) is 2.73. The van der Waals surface area contributed by atoms with E-state index in [1.165, 1.54) is 47.9 Å². The number of hydrogen-bond acceptors (Lipinski definition) is 4. The number of likely N-dealkylation sites (tertiary alicyclic amines) is 1. The second-order valence-electron chi connectivity index (χ2n) is 5.82. The van der Waals surface area contributed by atoms with Gasteiger partial charge >= 0.3 is 0 Å².